The van der Waals surface area contributed by atoms with Crippen molar-refractivity contribution in [3.05, 3.63) is 40.2 Å². The van der Waals surface area contributed by atoms with Crippen molar-refractivity contribution in [3.63, 3.8) is 0 Å². The van der Waals surface area contributed by atoms with E-state index in [9.17, 15) is 14.3 Å². The molecule has 4 N–H and O–H groups in total. The fourth-order valence-electron chi connectivity index (χ4n) is 5.48. The predicted octanol–water partition coefficient (Wildman–Crippen LogP) is 4.06. The summed E-state index contributed by atoms with van der Waals surface area (Å²) in [6.45, 7) is 7.10. The number of nitrogens with zero attached hydrogens (tertiary/aromatic N) is 3. The number of allylic oxidation sites excluding steroid dienone is 2. The van der Waals surface area contributed by atoms with Crippen LogP contribution in [0.5, 0.6) is 5.75 Å². The molecule has 0 bridgehead atoms. The van der Waals surface area contributed by atoms with Crippen LogP contribution in [0.4, 0.5) is 10.2 Å². The van der Waals surface area contributed by atoms with Crippen LogP contribution < -0.4 is 20.7 Å². The van der Waals surface area contributed by atoms with Crippen LogP contribution in [0.25, 0.3) is 17.0 Å². The van der Waals surface area contributed by atoms with Crippen LogP contribution in [0.15, 0.2) is 23.9 Å². The molecule has 1 saturated heterocycles. The van der Waals surface area contributed by atoms with Crippen LogP contribution in [0.3, 0.4) is 0 Å². The highest BCUT2D eigenvalue weighted by Crippen LogP contribution is 2.47. The summed E-state index contributed by atoms with van der Waals surface area (Å²) in [7, 11) is 1.76. The van der Waals surface area contributed by atoms with Gasteiger partial charge in [0, 0.05) is 41.9 Å². The summed E-state index contributed by atoms with van der Waals surface area (Å²) in [5.41, 5.74) is 8.74. The number of aliphatic hydroxyl groups excluding tert-OH is 1. The molecule has 38 heavy (non-hydrogen) atoms. The summed E-state index contributed by atoms with van der Waals surface area (Å²) in [5, 5.41) is 13.3. The molecule has 0 amide bonds. The van der Waals surface area contributed by atoms with Gasteiger partial charge in [-0.15, -0.1) is 0 Å². The largest absolute Gasteiger partial charge is 0.491 e. The van der Waals surface area contributed by atoms with Crippen LogP contribution in [-0.2, 0) is 4.79 Å². The number of aromatic nitrogens is 2. The Labute approximate surface area is 228 Å². The zero-order valence-electron chi connectivity index (χ0n) is 22.5. The molecule has 8 nitrogen and oxygen atoms in total. The predicted molar refractivity (Wildman–Crippen MR) is 148 cm³/mol. The Kier molecular flexibility index (Phi) is 8.59. The van der Waals surface area contributed by atoms with Gasteiger partial charge in [-0.25, -0.2) is 14.4 Å². The number of carbonyl (C=O) groups is 1. The molecule has 1 spiro atoms. The van der Waals surface area contributed by atoms with Crippen LogP contribution >= 0.6 is 11.6 Å². The van der Waals surface area contributed by atoms with Gasteiger partial charge in [0.25, 0.3) is 0 Å². The van der Waals surface area contributed by atoms with E-state index in [2.05, 4.69) is 10.2 Å². The number of ketones is 1. The SMILES string of the molecule is CNC[C@@H](O)COc1ccc(Cl)c(-c2nc(C(C(C)=O)=C(C)N)c(C)c(N3CC4(CCC(F)CC4)C3)n2)c1. The fraction of sp³-hybridized carbons (Fsp3) is 0.536. The minimum absolute atomic E-state index is 0.100. The molecule has 2 heterocycles. The summed E-state index contributed by atoms with van der Waals surface area (Å²) in [4.78, 5) is 24.5. The number of halogens is 2. The van der Waals surface area contributed by atoms with Crippen molar-refractivity contribution in [3.8, 4) is 17.1 Å². The van der Waals surface area contributed by atoms with Gasteiger partial charge in [0.15, 0.2) is 11.6 Å². The Bertz CT molecular complexity index is 1220. The number of ether oxygens (including phenoxy) is 1. The third-order valence-electron chi connectivity index (χ3n) is 7.49. The van der Waals surface area contributed by atoms with Crippen LogP contribution in [0.1, 0.15) is 50.8 Å². The third kappa shape index (κ3) is 5.95. The number of alkyl halides is 1. The molecule has 1 aromatic carbocycles. The van der Waals surface area contributed by atoms with Crippen molar-refractivity contribution in [2.24, 2.45) is 11.1 Å². The quantitative estimate of drug-likeness (QED) is 0.404. The Morgan fingerprint density at radius 3 is 2.61 bits per heavy atom. The van der Waals surface area contributed by atoms with Gasteiger partial charge in [-0.1, -0.05) is 11.6 Å². The van der Waals surface area contributed by atoms with E-state index in [4.69, 9.17) is 32.0 Å². The Hall–Kier alpha value is -2.75. The van der Waals surface area contributed by atoms with Crippen LogP contribution in [0.2, 0.25) is 5.02 Å². The van der Waals surface area contributed by atoms with E-state index in [1.54, 1.807) is 32.2 Å². The highest BCUT2D eigenvalue weighted by atomic mass is 35.5. The smallest absolute Gasteiger partial charge is 0.163 e. The molecule has 2 fully saturated rings. The zero-order valence-corrected chi connectivity index (χ0v) is 23.2. The number of nitrogens with one attached hydrogen (secondary N) is 1. The highest BCUT2D eigenvalue weighted by molar-refractivity contribution is 6.33. The lowest BCUT2D eigenvalue weighted by molar-refractivity contribution is -0.111. The molecule has 4 rings (SSSR count). The summed E-state index contributed by atoms with van der Waals surface area (Å²) < 4.78 is 19.6. The van der Waals surface area contributed by atoms with Crippen LogP contribution in [0, 0.1) is 12.3 Å². The Morgan fingerprint density at radius 1 is 1.32 bits per heavy atom. The highest BCUT2D eigenvalue weighted by Gasteiger charge is 2.46. The van der Waals surface area contributed by atoms with Gasteiger partial charge in [-0.2, -0.15) is 0 Å². The molecule has 1 aromatic heterocycles. The summed E-state index contributed by atoms with van der Waals surface area (Å²) in [5.74, 6) is 1.38. The average Bonchev–Trinajstić information content (AvgIpc) is 2.84. The second-order valence-corrected chi connectivity index (χ2v) is 11.1. The molecule has 1 saturated carbocycles. The van der Waals surface area contributed by atoms with Gasteiger partial charge in [-0.05, 0) is 71.7 Å². The van der Waals surface area contributed by atoms with E-state index < -0.39 is 12.3 Å². The molecule has 1 atom stereocenters. The van der Waals surface area contributed by atoms with Crippen molar-refractivity contribution in [2.45, 2.75) is 58.7 Å². The van der Waals surface area contributed by atoms with Gasteiger partial charge >= 0.3 is 0 Å². The number of carbonyl (C=O) groups excluding carboxylic acids is 1. The number of nitrogens with two attached hydrogens (primary N) is 1. The molecule has 10 heteroatoms. The minimum Gasteiger partial charge on any atom is -0.491 e. The molecule has 0 unspecified atom stereocenters. The number of Topliss-reactive ketones (excluding diaryl/α,β-unsaturated/α-hetero) is 1. The molecule has 1 aliphatic heterocycles. The third-order valence-corrected chi connectivity index (χ3v) is 7.82. The molecule has 2 aromatic rings. The number of benzene rings is 1. The van der Waals surface area contributed by atoms with E-state index in [0.717, 1.165) is 31.5 Å². The first-order valence-corrected chi connectivity index (χ1v) is 13.4. The van der Waals surface area contributed by atoms with E-state index in [-0.39, 0.29) is 17.8 Å². The molecule has 1 aliphatic carbocycles. The summed E-state index contributed by atoms with van der Waals surface area (Å²) in [6, 6.07) is 5.15. The lowest BCUT2D eigenvalue weighted by Gasteiger charge is -2.53. The number of rotatable bonds is 9. The number of aliphatic hydroxyl groups is 1. The van der Waals surface area contributed by atoms with Gasteiger partial charge in [0.2, 0.25) is 0 Å². The summed E-state index contributed by atoms with van der Waals surface area (Å²) in [6.07, 6.45) is 1.54. The van der Waals surface area contributed by atoms with Gasteiger partial charge < -0.3 is 25.8 Å². The van der Waals surface area contributed by atoms with Crippen LogP contribution in [-0.4, -0.2) is 66.4 Å². The molecular formula is C28H37ClFN5O3. The first-order valence-electron chi connectivity index (χ1n) is 13.0. The lowest BCUT2D eigenvalue weighted by Crippen LogP contribution is -2.58. The topological polar surface area (TPSA) is 114 Å². The van der Waals surface area contributed by atoms with Crippen molar-refractivity contribution >= 4 is 28.8 Å². The number of likely N-dealkylation sites (N-methyl/N-ethyl adjacent to an activating group) is 1. The first kappa shape index (κ1) is 28.3. The molecule has 0 radical (unpaired) electrons. The lowest BCUT2D eigenvalue weighted by atomic mass is 9.68. The maximum Gasteiger partial charge on any atom is 0.163 e. The number of anilines is 1. The fourth-order valence-corrected chi connectivity index (χ4v) is 5.69. The molecule has 2 aliphatic rings. The average molecular weight is 546 g/mol. The standard InChI is InChI=1S/C28H37ClFN5O3/c1-16-25(24(17(2)31)18(3)36)33-26(22-11-21(5-6-23(22)29)38-13-20(37)12-32-4)34-27(16)35-14-28(15-35)9-7-19(30)8-10-28/h5-6,11,19-20,32,37H,7-10,12-15,31H2,1-4H3/t20-/m1/s1. The van der Waals surface area contributed by atoms with E-state index in [0.29, 0.717) is 64.3 Å². The van der Waals surface area contributed by atoms with Crippen molar-refractivity contribution < 1.29 is 19.0 Å². The van der Waals surface area contributed by atoms with E-state index >= 15 is 0 Å². The van der Waals surface area contributed by atoms with Gasteiger partial charge in [0.1, 0.15) is 30.4 Å². The second-order valence-electron chi connectivity index (χ2n) is 10.7. The monoisotopic (exact) mass is 545 g/mol. The Morgan fingerprint density at radius 2 is 2.00 bits per heavy atom. The van der Waals surface area contributed by atoms with Crippen molar-refractivity contribution in [1.29, 1.82) is 0 Å². The van der Waals surface area contributed by atoms with Crippen molar-refractivity contribution in [1.82, 2.24) is 15.3 Å². The van der Waals surface area contributed by atoms with Gasteiger partial charge in [0.05, 0.1) is 16.3 Å². The Balaban J connectivity index is 1.74. The second kappa shape index (κ2) is 11.6. The zero-order chi connectivity index (χ0) is 27.6. The normalized spacial score (nSPS) is 18.7. The molecule has 206 valence electrons. The molecular weight excluding hydrogens is 509 g/mol. The van der Waals surface area contributed by atoms with Gasteiger partial charge in [-0.3, -0.25) is 4.79 Å². The summed E-state index contributed by atoms with van der Waals surface area (Å²) >= 11 is 6.60. The van der Waals surface area contributed by atoms with Crippen molar-refractivity contribution in [2.75, 3.05) is 38.2 Å². The number of hydrogen-bond acceptors (Lipinski definition) is 8. The first-order chi connectivity index (χ1) is 18.0. The van der Waals surface area contributed by atoms with E-state index in [1.165, 1.54) is 6.92 Å². The minimum atomic E-state index is -0.708. The maximum atomic E-state index is 13.8. The maximum absolute atomic E-state index is 13.8. The van der Waals surface area contributed by atoms with E-state index in [1.807, 2.05) is 6.92 Å². The number of hydrogen-bond donors (Lipinski definition) is 3.